The summed E-state index contributed by atoms with van der Waals surface area (Å²) in [5, 5.41) is 3.01. The molecule has 0 atom stereocenters. The third-order valence-corrected chi connectivity index (χ3v) is 2.56. The molecule has 1 N–H and O–H groups in total. The zero-order valence-electron chi connectivity index (χ0n) is 11.4. The average Bonchev–Trinajstić information content (AvgIpc) is 2.46. The van der Waals surface area contributed by atoms with Gasteiger partial charge in [-0.25, -0.2) is 4.79 Å². The second kappa shape index (κ2) is 8.02. The number of methoxy groups -OCH3 is 3. The lowest BCUT2D eigenvalue weighted by Gasteiger charge is -2.10. The predicted molar refractivity (Wildman–Crippen MR) is 72.4 cm³/mol. The van der Waals surface area contributed by atoms with Crippen molar-refractivity contribution in [3.05, 3.63) is 36.0 Å². The fourth-order valence-corrected chi connectivity index (χ4v) is 1.56. The number of ether oxygens (including phenoxy) is 3. The van der Waals surface area contributed by atoms with Crippen molar-refractivity contribution < 1.29 is 19.0 Å². The topological polar surface area (TPSA) is 56.8 Å². The van der Waals surface area contributed by atoms with Crippen molar-refractivity contribution in [1.82, 2.24) is 5.32 Å². The fraction of sp³-hybridized carbons (Fsp3) is 0.357. The van der Waals surface area contributed by atoms with Crippen molar-refractivity contribution in [2.45, 2.75) is 6.42 Å². The molecule has 1 aromatic carbocycles. The number of esters is 1. The summed E-state index contributed by atoms with van der Waals surface area (Å²) in [6.07, 6.45) is 3.66. The summed E-state index contributed by atoms with van der Waals surface area (Å²) in [4.78, 5) is 10.8. The van der Waals surface area contributed by atoms with Crippen LogP contribution in [0.2, 0.25) is 0 Å². The zero-order valence-corrected chi connectivity index (χ0v) is 11.4. The summed E-state index contributed by atoms with van der Waals surface area (Å²) >= 11 is 0. The fourth-order valence-electron chi connectivity index (χ4n) is 1.56. The molecule has 0 aliphatic heterocycles. The lowest BCUT2D eigenvalue weighted by atomic mass is 10.1. The van der Waals surface area contributed by atoms with E-state index in [9.17, 15) is 4.79 Å². The molecule has 0 saturated heterocycles. The number of benzene rings is 1. The van der Waals surface area contributed by atoms with E-state index in [0.717, 1.165) is 23.5 Å². The van der Waals surface area contributed by atoms with Crippen LogP contribution in [0.15, 0.2) is 30.5 Å². The third-order valence-electron chi connectivity index (χ3n) is 2.56. The summed E-state index contributed by atoms with van der Waals surface area (Å²) in [6, 6.07) is 5.66. The van der Waals surface area contributed by atoms with E-state index < -0.39 is 0 Å². The molecule has 0 aliphatic carbocycles. The van der Waals surface area contributed by atoms with Gasteiger partial charge in [0, 0.05) is 18.8 Å². The first-order valence-corrected chi connectivity index (χ1v) is 5.90. The van der Waals surface area contributed by atoms with Gasteiger partial charge >= 0.3 is 5.97 Å². The highest BCUT2D eigenvalue weighted by molar-refractivity contribution is 5.81. The van der Waals surface area contributed by atoms with Crippen molar-refractivity contribution in [2.24, 2.45) is 0 Å². The molecular formula is C14H19NO4. The molecule has 0 fully saturated rings. The van der Waals surface area contributed by atoms with Crippen molar-refractivity contribution >= 4 is 5.97 Å². The molecule has 0 aliphatic rings. The van der Waals surface area contributed by atoms with Gasteiger partial charge in [-0.05, 0) is 30.2 Å². The Balaban J connectivity index is 2.52. The van der Waals surface area contributed by atoms with Crippen LogP contribution in [0.5, 0.6) is 11.5 Å². The Kier molecular flexibility index (Phi) is 6.29. The lowest BCUT2D eigenvalue weighted by Crippen LogP contribution is -2.11. The monoisotopic (exact) mass is 265 g/mol. The van der Waals surface area contributed by atoms with E-state index in [0.29, 0.717) is 6.54 Å². The molecule has 0 radical (unpaired) electrons. The normalized spacial score (nSPS) is 10.3. The van der Waals surface area contributed by atoms with E-state index in [2.05, 4.69) is 10.1 Å². The maximum absolute atomic E-state index is 10.8. The van der Waals surface area contributed by atoms with E-state index in [1.807, 2.05) is 18.2 Å². The van der Waals surface area contributed by atoms with Gasteiger partial charge in [0.15, 0.2) is 0 Å². The molecule has 1 rings (SSSR count). The molecule has 0 heterocycles. The summed E-state index contributed by atoms with van der Waals surface area (Å²) in [7, 11) is 4.60. The van der Waals surface area contributed by atoms with Crippen LogP contribution in [0.25, 0.3) is 0 Å². The van der Waals surface area contributed by atoms with Crippen LogP contribution in [0.4, 0.5) is 0 Å². The molecule has 0 amide bonds. The molecular weight excluding hydrogens is 246 g/mol. The SMILES string of the molecule is COC(=O)/C=C/NCCc1cc(OC)ccc1OC. The first-order chi connectivity index (χ1) is 9.21. The van der Waals surface area contributed by atoms with Crippen LogP contribution in [0.3, 0.4) is 0 Å². The van der Waals surface area contributed by atoms with Crippen LogP contribution in [-0.2, 0) is 16.0 Å². The van der Waals surface area contributed by atoms with Crippen LogP contribution < -0.4 is 14.8 Å². The van der Waals surface area contributed by atoms with E-state index in [-0.39, 0.29) is 5.97 Å². The van der Waals surface area contributed by atoms with Gasteiger partial charge in [-0.1, -0.05) is 0 Å². The summed E-state index contributed by atoms with van der Waals surface area (Å²) in [6.45, 7) is 0.678. The van der Waals surface area contributed by atoms with Gasteiger partial charge in [0.2, 0.25) is 0 Å². The van der Waals surface area contributed by atoms with Crippen molar-refractivity contribution in [2.75, 3.05) is 27.9 Å². The summed E-state index contributed by atoms with van der Waals surface area (Å²) in [5.74, 6) is 1.23. The maximum Gasteiger partial charge on any atom is 0.331 e. The Labute approximate surface area is 113 Å². The minimum Gasteiger partial charge on any atom is -0.497 e. The highest BCUT2D eigenvalue weighted by atomic mass is 16.5. The number of hydrogen-bond donors (Lipinski definition) is 1. The quantitative estimate of drug-likeness (QED) is 0.460. The molecule has 0 aromatic heterocycles. The average molecular weight is 265 g/mol. The van der Waals surface area contributed by atoms with E-state index in [1.165, 1.54) is 13.2 Å². The Hall–Kier alpha value is -2.17. The Morgan fingerprint density at radius 1 is 1.26 bits per heavy atom. The van der Waals surface area contributed by atoms with Crippen LogP contribution >= 0.6 is 0 Å². The highest BCUT2D eigenvalue weighted by Gasteiger charge is 2.04. The second-order valence-corrected chi connectivity index (χ2v) is 3.74. The third kappa shape index (κ3) is 4.91. The predicted octanol–water partition coefficient (Wildman–Crippen LogP) is 1.52. The van der Waals surface area contributed by atoms with E-state index >= 15 is 0 Å². The van der Waals surface area contributed by atoms with Crippen molar-refractivity contribution in [3.8, 4) is 11.5 Å². The molecule has 1 aromatic rings. The highest BCUT2D eigenvalue weighted by Crippen LogP contribution is 2.23. The van der Waals surface area contributed by atoms with E-state index in [4.69, 9.17) is 9.47 Å². The number of nitrogens with one attached hydrogen (secondary N) is 1. The smallest absolute Gasteiger partial charge is 0.331 e. The van der Waals surface area contributed by atoms with E-state index in [1.54, 1.807) is 20.4 Å². The first kappa shape index (κ1) is 14.9. The molecule has 0 spiro atoms. The van der Waals surface area contributed by atoms with Gasteiger partial charge < -0.3 is 19.5 Å². The standard InChI is InChI=1S/C14H19NO4/c1-17-12-4-5-13(18-2)11(10-12)6-8-15-9-7-14(16)19-3/h4-5,7,9-10,15H,6,8H2,1-3H3/b9-7+. The van der Waals surface area contributed by atoms with Crippen molar-refractivity contribution in [3.63, 3.8) is 0 Å². The van der Waals surface area contributed by atoms with Crippen LogP contribution in [0, 0.1) is 0 Å². The number of carbonyl (C=O) groups is 1. The number of carbonyl (C=O) groups excluding carboxylic acids is 1. The second-order valence-electron chi connectivity index (χ2n) is 3.74. The van der Waals surface area contributed by atoms with Gasteiger partial charge in [0.1, 0.15) is 11.5 Å². The van der Waals surface area contributed by atoms with Gasteiger partial charge in [0.25, 0.3) is 0 Å². The molecule has 5 nitrogen and oxygen atoms in total. The van der Waals surface area contributed by atoms with Crippen LogP contribution in [0.1, 0.15) is 5.56 Å². The maximum atomic E-state index is 10.8. The van der Waals surface area contributed by atoms with Gasteiger partial charge in [-0.2, -0.15) is 0 Å². The van der Waals surface area contributed by atoms with Crippen molar-refractivity contribution in [1.29, 1.82) is 0 Å². The lowest BCUT2D eigenvalue weighted by molar-refractivity contribution is -0.134. The Morgan fingerprint density at radius 2 is 2.05 bits per heavy atom. The molecule has 5 heteroatoms. The first-order valence-electron chi connectivity index (χ1n) is 5.90. The van der Waals surface area contributed by atoms with Gasteiger partial charge in [-0.15, -0.1) is 0 Å². The zero-order chi connectivity index (χ0) is 14.1. The van der Waals surface area contributed by atoms with Gasteiger partial charge in [0.05, 0.1) is 21.3 Å². The summed E-state index contributed by atoms with van der Waals surface area (Å²) in [5.41, 5.74) is 1.04. The Morgan fingerprint density at radius 3 is 2.68 bits per heavy atom. The number of hydrogen-bond acceptors (Lipinski definition) is 5. The molecule has 0 unspecified atom stereocenters. The minimum atomic E-state index is -0.383. The molecule has 0 saturated carbocycles. The summed E-state index contributed by atoms with van der Waals surface area (Å²) < 4.78 is 14.9. The largest absolute Gasteiger partial charge is 0.497 e. The molecule has 19 heavy (non-hydrogen) atoms. The minimum absolute atomic E-state index is 0.383. The Bertz CT molecular complexity index is 443. The molecule has 0 bridgehead atoms. The molecule has 104 valence electrons. The van der Waals surface area contributed by atoms with Gasteiger partial charge in [-0.3, -0.25) is 0 Å². The number of rotatable bonds is 7. The van der Waals surface area contributed by atoms with Crippen LogP contribution in [-0.4, -0.2) is 33.8 Å².